The lowest BCUT2D eigenvalue weighted by Gasteiger charge is -2.30. The molecule has 1 aromatic rings. The number of nitrogens with zero attached hydrogens (tertiary/aromatic N) is 1. The molecule has 4 heteroatoms. The Morgan fingerprint density at radius 2 is 2.06 bits per heavy atom. The van der Waals surface area contributed by atoms with E-state index in [4.69, 9.17) is 9.72 Å². The van der Waals surface area contributed by atoms with Gasteiger partial charge in [-0.3, -0.25) is 0 Å². The third-order valence-corrected chi connectivity index (χ3v) is 4.71. The lowest BCUT2D eigenvalue weighted by Crippen LogP contribution is -2.29. The Hall–Kier alpha value is -0.450. The molecule has 3 nitrogen and oxygen atoms in total. The molecule has 0 bridgehead atoms. The smallest absolute Gasteiger partial charge is 0.125 e. The minimum Gasteiger partial charge on any atom is -0.368 e. The summed E-state index contributed by atoms with van der Waals surface area (Å²) in [5.41, 5.74) is 1.04. The molecule has 1 aliphatic rings. The van der Waals surface area contributed by atoms with E-state index in [2.05, 4.69) is 17.6 Å². The summed E-state index contributed by atoms with van der Waals surface area (Å²) >= 11 is 1.77. The predicted octanol–water partition coefficient (Wildman–Crippen LogP) is 3.45. The van der Waals surface area contributed by atoms with Crippen LogP contribution in [0.2, 0.25) is 0 Å². The van der Waals surface area contributed by atoms with Crippen LogP contribution in [0.3, 0.4) is 0 Å². The van der Waals surface area contributed by atoms with Crippen LogP contribution in [0.5, 0.6) is 0 Å². The highest BCUT2D eigenvalue weighted by atomic mass is 32.1. The first-order valence-electron chi connectivity index (χ1n) is 7.04. The molecule has 1 heterocycles. The van der Waals surface area contributed by atoms with Crippen LogP contribution in [-0.4, -0.2) is 18.6 Å². The van der Waals surface area contributed by atoms with E-state index >= 15 is 0 Å². The summed E-state index contributed by atoms with van der Waals surface area (Å²) in [6.07, 6.45) is 7.47. The summed E-state index contributed by atoms with van der Waals surface area (Å²) in [6, 6.07) is 0. The van der Waals surface area contributed by atoms with Gasteiger partial charge in [-0.05, 0) is 26.8 Å². The minimum absolute atomic E-state index is 0.0953. The molecule has 1 aliphatic carbocycles. The summed E-state index contributed by atoms with van der Waals surface area (Å²) in [5, 5.41) is 6.52. The summed E-state index contributed by atoms with van der Waals surface area (Å²) in [5.74, 6) is 0. The Morgan fingerprint density at radius 1 is 1.33 bits per heavy atom. The van der Waals surface area contributed by atoms with Gasteiger partial charge in [-0.1, -0.05) is 25.7 Å². The lowest BCUT2D eigenvalue weighted by molar-refractivity contribution is -0.0560. The second kappa shape index (κ2) is 6.64. The van der Waals surface area contributed by atoms with Crippen molar-refractivity contribution in [3.63, 3.8) is 0 Å². The van der Waals surface area contributed by atoms with Crippen molar-refractivity contribution in [3.05, 3.63) is 16.1 Å². The third-order valence-electron chi connectivity index (χ3n) is 3.63. The largest absolute Gasteiger partial charge is 0.368 e. The third kappa shape index (κ3) is 3.11. The Kier molecular flexibility index (Phi) is 5.15. The maximum absolute atomic E-state index is 6.16. The zero-order valence-electron chi connectivity index (χ0n) is 11.5. The number of aromatic nitrogens is 1. The van der Waals surface area contributed by atoms with E-state index in [1.807, 2.05) is 7.05 Å². The van der Waals surface area contributed by atoms with Crippen molar-refractivity contribution in [2.24, 2.45) is 0 Å². The van der Waals surface area contributed by atoms with E-state index in [0.29, 0.717) is 0 Å². The molecule has 0 spiro atoms. The van der Waals surface area contributed by atoms with Crippen molar-refractivity contribution in [2.75, 3.05) is 13.7 Å². The second-order valence-electron chi connectivity index (χ2n) is 5.02. The summed E-state index contributed by atoms with van der Waals surface area (Å²) in [6.45, 7) is 3.72. The van der Waals surface area contributed by atoms with Crippen LogP contribution in [0.1, 0.15) is 56.2 Å². The van der Waals surface area contributed by atoms with Gasteiger partial charge in [0, 0.05) is 18.5 Å². The molecule has 0 amide bonds. The first-order chi connectivity index (χ1) is 8.80. The van der Waals surface area contributed by atoms with E-state index < -0.39 is 0 Å². The van der Waals surface area contributed by atoms with Gasteiger partial charge in [0.2, 0.25) is 0 Å². The summed E-state index contributed by atoms with van der Waals surface area (Å²) < 4.78 is 6.16. The van der Waals surface area contributed by atoms with Crippen LogP contribution in [0.25, 0.3) is 0 Å². The topological polar surface area (TPSA) is 34.1 Å². The molecule has 1 fully saturated rings. The number of thiazole rings is 1. The van der Waals surface area contributed by atoms with Crippen molar-refractivity contribution in [2.45, 2.75) is 57.6 Å². The van der Waals surface area contributed by atoms with Crippen molar-refractivity contribution in [1.82, 2.24) is 10.3 Å². The number of rotatable bonds is 5. The van der Waals surface area contributed by atoms with Gasteiger partial charge in [-0.15, -0.1) is 11.3 Å². The molecule has 1 aromatic heterocycles. The van der Waals surface area contributed by atoms with E-state index in [-0.39, 0.29) is 5.60 Å². The van der Waals surface area contributed by atoms with Gasteiger partial charge in [0.15, 0.2) is 0 Å². The molecule has 0 aromatic carbocycles. The average Bonchev–Trinajstić information content (AvgIpc) is 2.70. The number of ether oxygens (including phenoxy) is 1. The predicted molar refractivity (Wildman–Crippen MR) is 75.9 cm³/mol. The molecule has 0 atom stereocenters. The monoisotopic (exact) mass is 268 g/mol. The fraction of sp³-hybridized carbons (Fsp3) is 0.786. The molecular weight excluding hydrogens is 244 g/mol. The highest BCUT2D eigenvalue weighted by Crippen LogP contribution is 2.40. The SMILES string of the molecule is CCOC1(c2nc(CNC)cs2)CCCCCC1. The molecule has 0 unspecified atom stereocenters. The van der Waals surface area contributed by atoms with Gasteiger partial charge >= 0.3 is 0 Å². The van der Waals surface area contributed by atoms with Gasteiger partial charge in [0.05, 0.1) is 5.69 Å². The Bertz CT molecular complexity index is 356. The fourth-order valence-electron chi connectivity index (χ4n) is 2.77. The highest BCUT2D eigenvalue weighted by Gasteiger charge is 2.36. The van der Waals surface area contributed by atoms with E-state index in [1.54, 1.807) is 11.3 Å². The van der Waals surface area contributed by atoms with Gasteiger partial charge < -0.3 is 10.1 Å². The highest BCUT2D eigenvalue weighted by molar-refractivity contribution is 7.09. The van der Waals surface area contributed by atoms with Gasteiger partial charge in [-0.2, -0.15) is 0 Å². The number of hydrogen-bond donors (Lipinski definition) is 1. The molecule has 1 N–H and O–H groups in total. The van der Waals surface area contributed by atoms with E-state index in [0.717, 1.165) is 31.7 Å². The molecule has 102 valence electrons. The molecule has 0 aliphatic heterocycles. The lowest BCUT2D eigenvalue weighted by atomic mass is 9.95. The second-order valence-corrected chi connectivity index (χ2v) is 5.87. The maximum atomic E-state index is 6.16. The van der Waals surface area contributed by atoms with Crippen molar-refractivity contribution < 1.29 is 4.74 Å². The van der Waals surface area contributed by atoms with Gasteiger partial charge in [0.1, 0.15) is 10.6 Å². The minimum atomic E-state index is -0.0953. The molecule has 18 heavy (non-hydrogen) atoms. The number of nitrogens with one attached hydrogen (secondary N) is 1. The van der Waals surface area contributed by atoms with Crippen LogP contribution in [0, 0.1) is 0 Å². The Balaban J connectivity index is 2.20. The summed E-state index contributed by atoms with van der Waals surface area (Å²) in [4.78, 5) is 4.79. The van der Waals surface area contributed by atoms with Crippen molar-refractivity contribution in [3.8, 4) is 0 Å². The van der Waals surface area contributed by atoms with Gasteiger partial charge in [0.25, 0.3) is 0 Å². The molecule has 1 saturated carbocycles. The summed E-state index contributed by atoms with van der Waals surface area (Å²) in [7, 11) is 1.96. The van der Waals surface area contributed by atoms with Crippen LogP contribution in [0.15, 0.2) is 5.38 Å². The molecule has 0 radical (unpaired) electrons. The Labute approximate surface area is 114 Å². The number of hydrogen-bond acceptors (Lipinski definition) is 4. The van der Waals surface area contributed by atoms with Crippen LogP contribution in [-0.2, 0) is 16.9 Å². The molecule has 2 rings (SSSR count). The zero-order chi connectivity index (χ0) is 12.8. The van der Waals surface area contributed by atoms with Crippen LogP contribution >= 0.6 is 11.3 Å². The van der Waals surface area contributed by atoms with Crippen LogP contribution in [0.4, 0.5) is 0 Å². The van der Waals surface area contributed by atoms with Gasteiger partial charge in [-0.25, -0.2) is 4.98 Å². The quantitative estimate of drug-likeness (QED) is 0.831. The first-order valence-corrected chi connectivity index (χ1v) is 7.92. The average molecular weight is 268 g/mol. The first kappa shape index (κ1) is 14.0. The normalized spacial score (nSPS) is 19.7. The van der Waals surface area contributed by atoms with Crippen molar-refractivity contribution in [1.29, 1.82) is 0 Å². The van der Waals surface area contributed by atoms with E-state index in [1.165, 1.54) is 30.7 Å². The fourth-order valence-corrected chi connectivity index (χ4v) is 3.81. The Morgan fingerprint density at radius 3 is 2.67 bits per heavy atom. The molecule has 0 saturated heterocycles. The standard InChI is InChI=1S/C14H24N2OS/c1-3-17-14(8-6-4-5-7-9-14)13-16-12(10-15-2)11-18-13/h11,15H,3-10H2,1-2H3. The van der Waals surface area contributed by atoms with E-state index in [9.17, 15) is 0 Å². The molecular formula is C14H24N2OS. The van der Waals surface area contributed by atoms with Crippen molar-refractivity contribution >= 4 is 11.3 Å². The van der Waals surface area contributed by atoms with Crippen LogP contribution < -0.4 is 5.32 Å². The zero-order valence-corrected chi connectivity index (χ0v) is 12.3. The maximum Gasteiger partial charge on any atom is 0.125 e.